The smallest absolute Gasteiger partial charge is 0.0864 e. The maximum Gasteiger partial charge on any atom is 0.0864 e. The minimum Gasteiger partial charge on any atom is -0.353 e. The Kier molecular flexibility index (Phi) is 5.47. The van der Waals surface area contributed by atoms with Crippen molar-refractivity contribution in [3.05, 3.63) is 166 Å². The van der Waals surface area contributed by atoms with Gasteiger partial charge in [-0.1, -0.05) is 91.0 Å². The van der Waals surface area contributed by atoms with Crippen LogP contribution in [-0.4, -0.2) is 12.4 Å². The fraction of sp³-hybridized carbons (Fsp3) is 0. The second-order valence-electron chi connectivity index (χ2n) is 11.3. The van der Waals surface area contributed by atoms with Gasteiger partial charge in [0.2, 0.25) is 0 Å². The zero-order valence-electron chi connectivity index (χ0n) is 23.8. The molecular weight excluding hydrogens is 536 g/mol. The molecule has 0 spiro atoms. The van der Waals surface area contributed by atoms with E-state index in [0.717, 1.165) is 67.6 Å². The number of anilines is 2. The number of allylic oxidation sites excluding steroid dienone is 4. The summed E-state index contributed by atoms with van der Waals surface area (Å²) in [7, 11) is 0. The van der Waals surface area contributed by atoms with Crippen LogP contribution in [-0.2, 0) is 0 Å². The second-order valence-corrected chi connectivity index (χ2v) is 11.3. The van der Waals surface area contributed by atoms with Crippen molar-refractivity contribution >= 4 is 69.6 Å². The molecule has 0 aromatic heterocycles. The molecule has 2 aliphatic heterocycles. The van der Waals surface area contributed by atoms with E-state index >= 15 is 0 Å². The molecule has 4 heteroatoms. The third-order valence-corrected chi connectivity index (χ3v) is 8.62. The number of rotatable bonds is 2. The Bertz CT molecular complexity index is 2070. The van der Waals surface area contributed by atoms with Gasteiger partial charge in [0.05, 0.1) is 34.1 Å². The van der Waals surface area contributed by atoms with E-state index in [4.69, 9.17) is 9.98 Å². The largest absolute Gasteiger partial charge is 0.353 e. The molecule has 2 heterocycles. The van der Waals surface area contributed by atoms with Crippen molar-refractivity contribution in [2.24, 2.45) is 9.98 Å². The summed E-state index contributed by atoms with van der Waals surface area (Å²) < 4.78 is 0. The molecule has 0 radical (unpaired) electrons. The molecule has 0 bridgehead atoms. The van der Waals surface area contributed by atoms with Crippen LogP contribution in [0.15, 0.2) is 143 Å². The minimum absolute atomic E-state index is 0.942. The Morgan fingerprint density at radius 2 is 0.864 bits per heavy atom. The quantitative estimate of drug-likeness (QED) is 0.225. The van der Waals surface area contributed by atoms with E-state index in [-0.39, 0.29) is 0 Å². The van der Waals surface area contributed by atoms with Gasteiger partial charge in [-0.2, -0.15) is 0 Å². The average molecular weight is 563 g/mol. The van der Waals surface area contributed by atoms with E-state index in [0.29, 0.717) is 0 Å². The van der Waals surface area contributed by atoms with Gasteiger partial charge in [0.25, 0.3) is 0 Å². The van der Waals surface area contributed by atoms with Crippen molar-refractivity contribution in [3.8, 4) is 0 Å². The van der Waals surface area contributed by atoms with Gasteiger partial charge in [-0.3, -0.25) is 9.98 Å². The van der Waals surface area contributed by atoms with Crippen LogP contribution in [0.5, 0.6) is 0 Å². The van der Waals surface area contributed by atoms with Gasteiger partial charge in [0.1, 0.15) is 0 Å². The van der Waals surface area contributed by atoms with Crippen molar-refractivity contribution < 1.29 is 0 Å². The van der Waals surface area contributed by atoms with E-state index < -0.39 is 0 Å². The summed E-state index contributed by atoms with van der Waals surface area (Å²) in [5.41, 5.74) is 17.7. The Balaban J connectivity index is 1.15. The fourth-order valence-corrected chi connectivity index (χ4v) is 6.57. The number of nitrogens with zero attached hydrogens (tertiary/aromatic N) is 2. The molecule has 9 rings (SSSR count). The number of nitrogens with one attached hydrogen (secondary N) is 2. The lowest BCUT2D eigenvalue weighted by Gasteiger charge is -2.13. The Morgan fingerprint density at radius 1 is 0.432 bits per heavy atom. The summed E-state index contributed by atoms with van der Waals surface area (Å²) >= 11 is 0. The molecule has 4 nitrogen and oxygen atoms in total. The third-order valence-electron chi connectivity index (χ3n) is 8.62. The molecule has 0 fully saturated rings. The van der Waals surface area contributed by atoms with Crippen LogP contribution in [0.2, 0.25) is 0 Å². The van der Waals surface area contributed by atoms with E-state index in [9.17, 15) is 0 Å². The lowest BCUT2D eigenvalue weighted by Crippen LogP contribution is -2.00. The highest BCUT2D eigenvalue weighted by Crippen LogP contribution is 2.46. The second kappa shape index (κ2) is 9.79. The summed E-state index contributed by atoms with van der Waals surface area (Å²) in [6.45, 7) is 0. The molecule has 5 aromatic carbocycles. The minimum atomic E-state index is 0.942. The molecule has 0 saturated heterocycles. The zero-order chi connectivity index (χ0) is 29.0. The van der Waals surface area contributed by atoms with E-state index in [1.807, 2.05) is 48.8 Å². The van der Waals surface area contributed by atoms with Gasteiger partial charge in [0.15, 0.2) is 0 Å². The first-order valence-corrected chi connectivity index (χ1v) is 14.8. The summed E-state index contributed by atoms with van der Waals surface area (Å²) in [6.07, 6.45) is 8.58. The predicted molar refractivity (Wildman–Crippen MR) is 185 cm³/mol. The fourth-order valence-electron chi connectivity index (χ4n) is 6.57. The summed E-state index contributed by atoms with van der Waals surface area (Å²) in [4.78, 5) is 9.63. The van der Waals surface area contributed by atoms with E-state index in [2.05, 4.69) is 108 Å². The van der Waals surface area contributed by atoms with Gasteiger partial charge < -0.3 is 10.6 Å². The highest BCUT2D eigenvalue weighted by atomic mass is 15.0. The number of fused-ring (bicyclic) bond motifs is 6. The molecule has 2 N–H and O–H groups in total. The van der Waals surface area contributed by atoms with Gasteiger partial charge >= 0.3 is 0 Å². The van der Waals surface area contributed by atoms with Crippen molar-refractivity contribution in [2.45, 2.75) is 0 Å². The lowest BCUT2D eigenvalue weighted by atomic mass is 9.99. The normalized spacial score (nSPS) is 17.2. The first-order chi connectivity index (χ1) is 21.8. The highest BCUT2D eigenvalue weighted by Gasteiger charge is 2.29. The average Bonchev–Trinajstić information content (AvgIpc) is 3.31. The van der Waals surface area contributed by atoms with Crippen LogP contribution in [0.3, 0.4) is 0 Å². The topological polar surface area (TPSA) is 48.8 Å². The predicted octanol–water partition coefficient (Wildman–Crippen LogP) is 9.87. The maximum atomic E-state index is 4.81. The summed E-state index contributed by atoms with van der Waals surface area (Å²) in [5.74, 6) is 0. The summed E-state index contributed by atoms with van der Waals surface area (Å²) in [5, 5.41) is 7.43. The van der Waals surface area contributed by atoms with Gasteiger partial charge in [-0.05, 0) is 75.9 Å². The molecule has 0 atom stereocenters. The Labute approximate surface area is 255 Å². The molecule has 206 valence electrons. The third kappa shape index (κ3) is 3.92. The Hall–Kier alpha value is -6.00. The lowest BCUT2D eigenvalue weighted by molar-refractivity contribution is 1.48. The van der Waals surface area contributed by atoms with Crippen molar-refractivity contribution in [2.75, 3.05) is 10.6 Å². The standard InChI is InChI=1S/C40H26N4/c1-3-14-29-27(12-1)31(39-33(29)23-41-35-16-5-7-18-37(35)43-39)21-25-10-9-11-26(20-25)22-32-28-13-2-4-15-30(28)34-24-42-36-17-6-8-19-38(36)44-40(32)34/h1-24,43-44H/b31-21-,32-22+. The molecule has 0 saturated carbocycles. The molecule has 2 aliphatic carbocycles. The van der Waals surface area contributed by atoms with E-state index in [1.165, 1.54) is 22.3 Å². The first-order valence-electron chi connectivity index (χ1n) is 14.8. The van der Waals surface area contributed by atoms with Crippen LogP contribution in [0.4, 0.5) is 22.7 Å². The Morgan fingerprint density at radius 3 is 1.36 bits per heavy atom. The molecule has 5 aromatic rings. The van der Waals surface area contributed by atoms with Crippen molar-refractivity contribution in [3.63, 3.8) is 0 Å². The molecule has 44 heavy (non-hydrogen) atoms. The zero-order valence-corrected chi connectivity index (χ0v) is 23.8. The first kappa shape index (κ1) is 24.6. The molecular formula is C40H26N4. The molecule has 0 unspecified atom stereocenters. The van der Waals surface area contributed by atoms with Gasteiger partial charge in [0, 0.05) is 34.7 Å². The number of aliphatic imine (C=N–C) groups is 2. The molecule has 0 amide bonds. The number of benzene rings is 5. The van der Waals surface area contributed by atoms with Gasteiger partial charge in [-0.15, -0.1) is 0 Å². The number of hydrogen-bond acceptors (Lipinski definition) is 4. The van der Waals surface area contributed by atoms with Crippen LogP contribution in [0, 0.1) is 0 Å². The van der Waals surface area contributed by atoms with Crippen LogP contribution in [0.1, 0.15) is 33.4 Å². The van der Waals surface area contributed by atoms with Crippen molar-refractivity contribution in [1.29, 1.82) is 0 Å². The van der Waals surface area contributed by atoms with Gasteiger partial charge in [-0.25, -0.2) is 0 Å². The van der Waals surface area contributed by atoms with Crippen LogP contribution < -0.4 is 10.6 Å². The monoisotopic (exact) mass is 562 g/mol. The van der Waals surface area contributed by atoms with Crippen LogP contribution in [0.25, 0.3) is 34.4 Å². The van der Waals surface area contributed by atoms with Crippen LogP contribution >= 0.6 is 0 Å². The number of hydrogen-bond donors (Lipinski definition) is 2. The van der Waals surface area contributed by atoms with E-state index in [1.54, 1.807) is 0 Å². The number of para-hydroxylation sites is 4. The summed E-state index contributed by atoms with van der Waals surface area (Å²) in [6, 6.07) is 42.3. The SMILES string of the molecule is C1=Nc2ccccc2NC2=C1c1ccccc1/C2=C/c1cccc(/C=C2/C3=C(C=Nc4ccccc4N3)c3ccccc32)c1. The highest BCUT2D eigenvalue weighted by molar-refractivity contribution is 6.25. The molecule has 4 aliphatic rings. The van der Waals surface area contributed by atoms with Crippen molar-refractivity contribution in [1.82, 2.24) is 0 Å². The maximum absolute atomic E-state index is 4.81.